The zero-order valence-corrected chi connectivity index (χ0v) is 7.41. The third kappa shape index (κ3) is 1.04. The van der Waals surface area contributed by atoms with Gasteiger partial charge < -0.3 is 0 Å². The molecule has 0 saturated heterocycles. The third-order valence-electron chi connectivity index (χ3n) is 2.18. The molecule has 0 amide bonds. The van der Waals surface area contributed by atoms with Crippen LogP contribution in [0.5, 0.6) is 0 Å². The zero-order chi connectivity index (χ0) is 8.55. The summed E-state index contributed by atoms with van der Waals surface area (Å²) >= 11 is 0. The highest BCUT2D eigenvalue weighted by atomic mass is 14.8. The van der Waals surface area contributed by atoms with Crippen LogP contribution in [-0.2, 0) is 6.42 Å². The Balaban J connectivity index is 2.56. The predicted octanol–water partition coefficient (Wildman–Crippen LogP) is 2.46. The van der Waals surface area contributed by atoms with Crippen LogP contribution in [-0.4, -0.2) is 11.2 Å². The maximum atomic E-state index is 4.36. The fourth-order valence-electron chi connectivity index (χ4n) is 1.48. The van der Waals surface area contributed by atoms with Crippen molar-refractivity contribution in [2.45, 2.75) is 26.2 Å². The first-order valence-corrected chi connectivity index (χ1v) is 4.28. The first-order chi connectivity index (χ1) is 5.79. The van der Waals surface area contributed by atoms with E-state index in [0.717, 1.165) is 12.1 Å². The molecule has 2 nitrogen and oxygen atoms in total. The highest BCUT2D eigenvalue weighted by Gasteiger charge is 2.13. The van der Waals surface area contributed by atoms with Gasteiger partial charge in [-0.25, -0.2) is 0 Å². The maximum Gasteiger partial charge on any atom is 0.0726 e. The van der Waals surface area contributed by atoms with E-state index in [0.29, 0.717) is 5.92 Å². The topological polar surface area (TPSA) is 25.2 Å². The third-order valence-corrected chi connectivity index (χ3v) is 2.18. The normalized spacial score (nSPS) is 13.9. The van der Waals surface area contributed by atoms with Crippen molar-refractivity contribution in [3.8, 4) is 0 Å². The standard InChI is InChI=1S/C10H12N2/c1-7(2)9-6-11-5-8-3-4-12-10(8)9/h4-7H,3H2,1-2H3. The van der Waals surface area contributed by atoms with E-state index in [2.05, 4.69) is 23.8 Å². The lowest BCUT2D eigenvalue weighted by molar-refractivity contribution is 0.857. The van der Waals surface area contributed by atoms with E-state index in [9.17, 15) is 0 Å². The maximum absolute atomic E-state index is 4.36. The summed E-state index contributed by atoms with van der Waals surface area (Å²) in [5.41, 5.74) is 3.68. The van der Waals surface area contributed by atoms with Gasteiger partial charge in [0, 0.05) is 30.6 Å². The van der Waals surface area contributed by atoms with Gasteiger partial charge in [-0.2, -0.15) is 0 Å². The monoisotopic (exact) mass is 160 g/mol. The van der Waals surface area contributed by atoms with Crippen LogP contribution in [0.4, 0.5) is 5.69 Å². The van der Waals surface area contributed by atoms with E-state index in [4.69, 9.17) is 0 Å². The lowest BCUT2D eigenvalue weighted by Crippen LogP contribution is -1.91. The Morgan fingerprint density at radius 1 is 1.33 bits per heavy atom. The average molecular weight is 160 g/mol. The van der Waals surface area contributed by atoms with E-state index in [1.165, 1.54) is 11.1 Å². The Hall–Kier alpha value is -1.18. The lowest BCUT2D eigenvalue weighted by Gasteiger charge is -2.08. The summed E-state index contributed by atoms with van der Waals surface area (Å²) in [4.78, 5) is 8.55. The molecule has 0 atom stereocenters. The molecule has 62 valence electrons. The van der Waals surface area contributed by atoms with Crippen LogP contribution in [0.15, 0.2) is 17.4 Å². The van der Waals surface area contributed by atoms with E-state index in [1.807, 2.05) is 18.6 Å². The van der Waals surface area contributed by atoms with Gasteiger partial charge in [0.15, 0.2) is 0 Å². The zero-order valence-electron chi connectivity index (χ0n) is 7.41. The Morgan fingerprint density at radius 3 is 2.92 bits per heavy atom. The Kier molecular flexibility index (Phi) is 1.68. The van der Waals surface area contributed by atoms with Gasteiger partial charge in [0.05, 0.1) is 5.69 Å². The Morgan fingerprint density at radius 2 is 2.17 bits per heavy atom. The number of fused-ring (bicyclic) bond motifs is 1. The van der Waals surface area contributed by atoms with E-state index in [1.54, 1.807) is 0 Å². The van der Waals surface area contributed by atoms with Crippen molar-refractivity contribution in [3.05, 3.63) is 23.5 Å². The largest absolute Gasteiger partial charge is 0.264 e. The molecule has 0 radical (unpaired) electrons. The molecular weight excluding hydrogens is 148 g/mol. The number of aromatic nitrogens is 1. The second-order valence-electron chi connectivity index (χ2n) is 3.41. The fraction of sp³-hybridized carbons (Fsp3) is 0.400. The molecule has 0 fully saturated rings. The second-order valence-corrected chi connectivity index (χ2v) is 3.41. The van der Waals surface area contributed by atoms with Gasteiger partial charge >= 0.3 is 0 Å². The van der Waals surface area contributed by atoms with Crippen molar-refractivity contribution in [2.24, 2.45) is 4.99 Å². The number of pyridine rings is 1. The molecule has 0 spiro atoms. The molecule has 0 bridgehead atoms. The second kappa shape index (κ2) is 2.70. The van der Waals surface area contributed by atoms with Gasteiger partial charge in [-0.3, -0.25) is 9.98 Å². The minimum Gasteiger partial charge on any atom is -0.264 e. The van der Waals surface area contributed by atoms with Crippen molar-refractivity contribution >= 4 is 11.9 Å². The number of aliphatic imine (C=N–C) groups is 1. The molecule has 0 aromatic carbocycles. The Bertz CT molecular complexity index is 327. The molecule has 0 saturated carbocycles. The summed E-state index contributed by atoms with van der Waals surface area (Å²) in [6.45, 7) is 4.34. The van der Waals surface area contributed by atoms with Crippen LogP contribution in [0, 0.1) is 0 Å². The van der Waals surface area contributed by atoms with Gasteiger partial charge in [-0.05, 0) is 11.5 Å². The molecule has 0 unspecified atom stereocenters. The Labute approximate surface area is 72.4 Å². The van der Waals surface area contributed by atoms with E-state index < -0.39 is 0 Å². The SMILES string of the molecule is CC(C)c1cncc2c1N=CC2. The van der Waals surface area contributed by atoms with E-state index >= 15 is 0 Å². The number of hydrogen-bond donors (Lipinski definition) is 0. The molecular formula is C10H12N2. The van der Waals surface area contributed by atoms with Crippen molar-refractivity contribution < 1.29 is 0 Å². The van der Waals surface area contributed by atoms with Crippen LogP contribution >= 0.6 is 0 Å². The average Bonchev–Trinajstić information content (AvgIpc) is 2.49. The molecule has 2 heteroatoms. The predicted molar refractivity (Wildman–Crippen MR) is 50.2 cm³/mol. The molecule has 2 heterocycles. The van der Waals surface area contributed by atoms with Crippen molar-refractivity contribution in [3.63, 3.8) is 0 Å². The number of rotatable bonds is 1. The highest BCUT2D eigenvalue weighted by Crippen LogP contribution is 2.31. The van der Waals surface area contributed by atoms with Gasteiger partial charge in [0.25, 0.3) is 0 Å². The highest BCUT2D eigenvalue weighted by molar-refractivity contribution is 5.77. The molecule has 2 rings (SSSR count). The molecule has 1 aliphatic rings. The first kappa shape index (κ1) is 7.47. The molecule has 1 aliphatic heterocycles. The van der Waals surface area contributed by atoms with E-state index in [-0.39, 0.29) is 0 Å². The van der Waals surface area contributed by atoms with Gasteiger partial charge in [-0.15, -0.1) is 0 Å². The van der Waals surface area contributed by atoms with Crippen LogP contribution < -0.4 is 0 Å². The number of hydrogen-bond acceptors (Lipinski definition) is 2. The summed E-state index contributed by atoms with van der Waals surface area (Å²) in [6, 6.07) is 0. The first-order valence-electron chi connectivity index (χ1n) is 4.28. The molecule has 1 aromatic heterocycles. The van der Waals surface area contributed by atoms with Gasteiger partial charge in [0.1, 0.15) is 0 Å². The molecule has 1 aromatic rings. The molecule has 12 heavy (non-hydrogen) atoms. The quantitative estimate of drug-likeness (QED) is 0.619. The van der Waals surface area contributed by atoms with Gasteiger partial charge in [-0.1, -0.05) is 13.8 Å². The van der Waals surface area contributed by atoms with Crippen LogP contribution in [0.3, 0.4) is 0 Å². The summed E-state index contributed by atoms with van der Waals surface area (Å²) in [6.07, 6.45) is 6.74. The van der Waals surface area contributed by atoms with Crippen LogP contribution in [0.2, 0.25) is 0 Å². The molecule has 0 N–H and O–H groups in total. The minimum atomic E-state index is 0.516. The number of nitrogens with zero attached hydrogens (tertiary/aromatic N) is 2. The van der Waals surface area contributed by atoms with Crippen molar-refractivity contribution in [1.82, 2.24) is 4.98 Å². The van der Waals surface area contributed by atoms with Crippen LogP contribution in [0.1, 0.15) is 30.9 Å². The fourth-order valence-corrected chi connectivity index (χ4v) is 1.48. The van der Waals surface area contributed by atoms with Crippen LogP contribution in [0.25, 0.3) is 0 Å². The summed E-state index contributed by atoms with van der Waals surface area (Å²) in [5, 5.41) is 0. The smallest absolute Gasteiger partial charge is 0.0726 e. The minimum absolute atomic E-state index is 0.516. The summed E-state index contributed by atoms with van der Waals surface area (Å²) in [5.74, 6) is 0.516. The summed E-state index contributed by atoms with van der Waals surface area (Å²) in [7, 11) is 0. The van der Waals surface area contributed by atoms with Gasteiger partial charge in [0.2, 0.25) is 0 Å². The lowest BCUT2D eigenvalue weighted by atomic mass is 10.0. The molecule has 0 aliphatic carbocycles. The van der Waals surface area contributed by atoms with Crippen molar-refractivity contribution in [1.29, 1.82) is 0 Å². The van der Waals surface area contributed by atoms with Crippen molar-refractivity contribution in [2.75, 3.05) is 0 Å². The summed E-state index contributed by atoms with van der Waals surface area (Å²) < 4.78 is 0.